The van der Waals surface area contributed by atoms with Crippen LogP contribution >= 0.6 is 15.9 Å². The van der Waals surface area contributed by atoms with E-state index in [1.54, 1.807) is 29.1 Å². The molecule has 0 unspecified atom stereocenters. The second-order valence-corrected chi connectivity index (χ2v) is 7.59. The van der Waals surface area contributed by atoms with Gasteiger partial charge in [0.25, 0.3) is 5.56 Å². The van der Waals surface area contributed by atoms with Crippen LogP contribution in [0.1, 0.15) is 12.1 Å². The largest absolute Gasteiger partial charge is 0.338 e. The molecule has 2 aromatic heterocycles. The summed E-state index contributed by atoms with van der Waals surface area (Å²) in [4.78, 5) is 30.4. The maximum atomic E-state index is 13.3. The molecule has 0 aliphatic rings. The zero-order valence-electron chi connectivity index (χ0n) is 15.4. The minimum Gasteiger partial charge on any atom is -0.338 e. The van der Waals surface area contributed by atoms with Crippen molar-refractivity contribution in [2.45, 2.75) is 19.4 Å². The summed E-state index contributed by atoms with van der Waals surface area (Å²) in [6, 6.07) is 14.5. The Labute approximate surface area is 169 Å². The highest BCUT2D eigenvalue weighted by atomic mass is 79.9. The van der Waals surface area contributed by atoms with Crippen LogP contribution < -0.4 is 11.2 Å². The van der Waals surface area contributed by atoms with Crippen LogP contribution in [0, 0.1) is 0 Å². The number of hydrogen-bond acceptors (Lipinski definition) is 3. The lowest BCUT2D eigenvalue weighted by Crippen LogP contribution is -2.39. The number of hydrogen-bond donors (Lipinski definition) is 0. The summed E-state index contributed by atoms with van der Waals surface area (Å²) in [5.41, 5.74) is 1.69. The first-order valence-corrected chi connectivity index (χ1v) is 9.81. The smallest absolute Gasteiger partial charge is 0.336 e. The van der Waals surface area contributed by atoms with Gasteiger partial charge >= 0.3 is 5.69 Å². The topological polar surface area (TPSA) is 61.8 Å². The summed E-state index contributed by atoms with van der Waals surface area (Å²) < 4.78 is 5.72. The standard InChI is InChI=1S/C21H19BrN4O2/c1-24-14-23-13-17(24)8-5-11-25-19-10-3-2-9-18(19)20(27)26(21(25)28)16-7-4-6-15(22)12-16/h2-4,6-7,9-10,12-14H,5,8,11H2,1H3. The zero-order valence-corrected chi connectivity index (χ0v) is 17.0. The van der Waals surface area contributed by atoms with E-state index in [4.69, 9.17) is 0 Å². The van der Waals surface area contributed by atoms with E-state index in [2.05, 4.69) is 20.9 Å². The molecule has 0 fully saturated rings. The number of imidazole rings is 1. The van der Waals surface area contributed by atoms with Crippen LogP contribution in [0.4, 0.5) is 0 Å². The summed E-state index contributed by atoms with van der Waals surface area (Å²) in [6.45, 7) is 0.513. The molecule has 0 saturated carbocycles. The minimum atomic E-state index is -0.327. The van der Waals surface area contributed by atoms with Crippen LogP contribution in [0.5, 0.6) is 0 Å². The molecule has 0 atom stereocenters. The van der Waals surface area contributed by atoms with E-state index in [1.165, 1.54) is 4.57 Å². The first kappa shape index (κ1) is 18.4. The fourth-order valence-electron chi connectivity index (χ4n) is 3.42. The molecule has 0 spiro atoms. The number of benzene rings is 2. The SMILES string of the molecule is Cn1cncc1CCCn1c(=O)n(-c2cccc(Br)c2)c(=O)c2ccccc21. The number of nitrogens with zero attached hydrogens (tertiary/aromatic N) is 4. The normalized spacial score (nSPS) is 11.2. The van der Waals surface area contributed by atoms with E-state index >= 15 is 0 Å². The monoisotopic (exact) mass is 438 g/mol. The molecule has 7 heteroatoms. The quantitative estimate of drug-likeness (QED) is 0.480. The fourth-order valence-corrected chi connectivity index (χ4v) is 3.81. The lowest BCUT2D eigenvalue weighted by molar-refractivity contribution is 0.600. The number of aromatic nitrogens is 4. The van der Waals surface area contributed by atoms with Crippen molar-refractivity contribution >= 4 is 26.8 Å². The molecule has 142 valence electrons. The fraction of sp³-hybridized carbons (Fsp3) is 0.190. The molecule has 4 aromatic rings. The Bertz CT molecular complexity index is 1270. The Morgan fingerprint density at radius 1 is 1.07 bits per heavy atom. The molecule has 0 aliphatic carbocycles. The Hall–Kier alpha value is -2.93. The van der Waals surface area contributed by atoms with Crippen LogP contribution in [0.3, 0.4) is 0 Å². The molecule has 2 heterocycles. The Morgan fingerprint density at radius 3 is 2.64 bits per heavy atom. The number of rotatable bonds is 5. The van der Waals surface area contributed by atoms with Gasteiger partial charge in [-0.2, -0.15) is 0 Å². The minimum absolute atomic E-state index is 0.304. The third-order valence-corrected chi connectivity index (χ3v) is 5.34. The highest BCUT2D eigenvalue weighted by molar-refractivity contribution is 9.10. The predicted molar refractivity (Wildman–Crippen MR) is 113 cm³/mol. The molecule has 0 amide bonds. The van der Waals surface area contributed by atoms with Gasteiger partial charge in [0.2, 0.25) is 0 Å². The molecule has 28 heavy (non-hydrogen) atoms. The van der Waals surface area contributed by atoms with Crippen molar-refractivity contribution < 1.29 is 0 Å². The van der Waals surface area contributed by atoms with E-state index in [9.17, 15) is 9.59 Å². The number of aryl methyl sites for hydroxylation is 3. The van der Waals surface area contributed by atoms with Crippen LogP contribution in [-0.4, -0.2) is 18.7 Å². The molecule has 0 aliphatic heterocycles. The van der Waals surface area contributed by atoms with Crippen molar-refractivity contribution in [1.82, 2.24) is 18.7 Å². The molecule has 4 rings (SSSR count). The van der Waals surface area contributed by atoms with Crippen molar-refractivity contribution in [3.05, 3.63) is 92.1 Å². The maximum absolute atomic E-state index is 13.3. The molecule has 0 radical (unpaired) electrons. The average Bonchev–Trinajstić information content (AvgIpc) is 3.09. The summed E-state index contributed by atoms with van der Waals surface area (Å²) in [5, 5.41) is 0.530. The van der Waals surface area contributed by atoms with Gasteiger partial charge in [-0.15, -0.1) is 0 Å². The van der Waals surface area contributed by atoms with Gasteiger partial charge in [0.15, 0.2) is 0 Å². The van der Waals surface area contributed by atoms with Gasteiger partial charge < -0.3 is 4.57 Å². The third-order valence-electron chi connectivity index (χ3n) is 4.85. The summed E-state index contributed by atoms with van der Waals surface area (Å²) in [6.07, 6.45) is 5.17. The molecule has 2 aromatic carbocycles. The average molecular weight is 439 g/mol. The van der Waals surface area contributed by atoms with E-state index in [1.807, 2.05) is 48.1 Å². The summed E-state index contributed by atoms with van der Waals surface area (Å²) in [7, 11) is 1.96. The van der Waals surface area contributed by atoms with E-state index in [0.717, 1.165) is 23.0 Å². The van der Waals surface area contributed by atoms with Gasteiger partial charge in [0.1, 0.15) is 0 Å². The van der Waals surface area contributed by atoms with Crippen molar-refractivity contribution in [3.8, 4) is 5.69 Å². The van der Waals surface area contributed by atoms with Crippen molar-refractivity contribution in [2.24, 2.45) is 7.05 Å². The molecule has 0 bridgehead atoms. The molecule has 0 saturated heterocycles. The molecular weight excluding hydrogens is 420 g/mol. The van der Waals surface area contributed by atoms with Crippen molar-refractivity contribution in [3.63, 3.8) is 0 Å². The Balaban J connectivity index is 1.82. The van der Waals surface area contributed by atoms with Crippen molar-refractivity contribution in [1.29, 1.82) is 0 Å². The molecular formula is C21H19BrN4O2. The first-order chi connectivity index (χ1) is 13.6. The predicted octanol–water partition coefficient (Wildman–Crippen LogP) is 3.28. The third kappa shape index (κ3) is 3.33. The zero-order chi connectivity index (χ0) is 19.7. The van der Waals surface area contributed by atoms with Gasteiger partial charge in [-0.25, -0.2) is 14.3 Å². The van der Waals surface area contributed by atoms with Gasteiger partial charge in [-0.1, -0.05) is 34.1 Å². The van der Waals surface area contributed by atoms with Gasteiger partial charge in [0, 0.05) is 30.0 Å². The molecule has 0 N–H and O–H groups in total. The van der Waals surface area contributed by atoms with Crippen molar-refractivity contribution in [2.75, 3.05) is 0 Å². The van der Waals surface area contributed by atoms with Gasteiger partial charge in [-0.05, 0) is 43.2 Å². The maximum Gasteiger partial charge on any atom is 0.336 e. The number of para-hydroxylation sites is 1. The van der Waals surface area contributed by atoms with Crippen LogP contribution in [0.15, 0.2) is 75.1 Å². The van der Waals surface area contributed by atoms with Crippen LogP contribution in [0.25, 0.3) is 16.6 Å². The lowest BCUT2D eigenvalue weighted by Gasteiger charge is -2.14. The Morgan fingerprint density at radius 2 is 1.89 bits per heavy atom. The van der Waals surface area contributed by atoms with Crippen LogP contribution in [-0.2, 0) is 20.0 Å². The molecule has 6 nitrogen and oxygen atoms in total. The van der Waals surface area contributed by atoms with Gasteiger partial charge in [0.05, 0.1) is 22.9 Å². The van der Waals surface area contributed by atoms with E-state index in [0.29, 0.717) is 23.1 Å². The first-order valence-electron chi connectivity index (χ1n) is 9.02. The van der Waals surface area contributed by atoms with Crippen LogP contribution in [0.2, 0.25) is 0 Å². The highest BCUT2D eigenvalue weighted by Gasteiger charge is 2.14. The van der Waals surface area contributed by atoms with E-state index < -0.39 is 0 Å². The summed E-state index contributed by atoms with van der Waals surface area (Å²) >= 11 is 3.42. The number of fused-ring (bicyclic) bond motifs is 1. The van der Waals surface area contributed by atoms with E-state index in [-0.39, 0.29) is 11.2 Å². The second kappa shape index (κ2) is 7.59. The summed E-state index contributed by atoms with van der Waals surface area (Å²) in [5.74, 6) is 0. The second-order valence-electron chi connectivity index (χ2n) is 6.67. The Kier molecular flexibility index (Phi) is 5.00. The number of halogens is 1. The lowest BCUT2D eigenvalue weighted by atomic mass is 10.2. The highest BCUT2D eigenvalue weighted by Crippen LogP contribution is 2.15. The van der Waals surface area contributed by atoms with Gasteiger partial charge in [-0.3, -0.25) is 9.36 Å².